The molecule has 88 valence electrons. The van der Waals surface area contributed by atoms with Crippen molar-refractivity contribution in [3.63, 3.8) is 0 Å². The lowest BCUT2D eigenvalue weighted by Gasteiger charge is -2.20. The Kier molecular flexibility index (Phi) is 4.99. The van der Waals surface area contributed by atoms with E-state index in [1.165, 1.54) is 0 Å². The average molecular weight is 220 g/mol. The summed E-state index contributed by atoms with van der Waals surface area (Å²) in [4.78, 5) is 14.0. The van der Waals surface area contributed by atoms with Crippen LogP contribution in [0, 0.1) is 0 Å². The highest BCUT2D eigenvalue weighted by atomic mass is 16.2. The Morgan fingerprint density at radius 2 is 1.88 bits per heavy atom. The van der Waals surface area contributed by atoms with Gasteiger partial charge in [0.2, 0.25) is 0 Å². The van der Waals surface area contributed by atoms with Crippen molar-refractivity contribution >= 4 is 5.91 Å². The van der Waals surface area contributed by atoms with Crippen LogP contribution in [0.25, 0.3) is 0 Å². The third-order valence-electron chi connectivity index (χ3n) is 2.71. The Hall–Kier alpha value is -1.35. The molecule has 0 saturated carbocycles. The van der Waals surface area contributed by atoms with Crippen molar-refractivity contribution in [2.75, 3.05) is 19.6 Å². The molecule has 0 radical (unpaired) electrons. The largest absolute Gasteiger partial charge is 0.339 e. The van der Waals surface area contributed by atoms with E-state index in [1.807, 2.05) is 43.0 Å². The van der Waals surface area contributed by atoms with Crippen LogP contribution >= 0.6 is 0 Å². The second-order valence-electron chi connectivity index (χ2n) is 3.67. The van der Waals surface area contributed by atoms with Gasteiger partial charge in [-0.1, -0.05) is 18.2 Å². The van der Waals surface area contributed by atoms with Crippen LogP contribution in [-0.4, -0.2) is 30.4 Å². The number of rotatable bonds is 5. The SMILES string of the molecule is CCN(CC)C(=O)c1ccccc1CCN. The van der Waals surface area contributed by atoms with Crippen LogP contribution in [0.3, 0.4) is 0 Å². The van der Waals surface area contributed by atoms with Gasteiger partial charge in [-0.25, -0.2) is 0 Å². The fourth-order valence-electron chi connectivity index (χ4n) is 1.78. The van der Waals surface area contributed by atoms with E-state index in [2.05, 4.69) is 0 Å². The Bertz CT molecular complexity index is 346. The number of nitrogens with zero attached hydrogens (tertiary/aromatic N) is 1. The molecular formula is C13H20N2O. The second kappa shape index (κ2) is 6.28. The lowest BCUT2D eigenvalue weighted by Crippen LogP contribution is -2.31. The highest BCUT2D eigenvalue weighted by molar-refractivity contribution is 5.95. The summed E-state index contributed by atoms with van der Waals surface area (Å²) < 4.78 is 0. The second-order valence-corrected chi connectivity index (χ2v) is 3.67. The summed E-state index contributed by atoms with van der Waals surface area (Å²) in [5.41, 5.74) is 7.38. The summed E-state index contributed by atoms with van der Waals surface area (Å²) in [6.07, 6.45) is 0.753. The number of nitrogens with two attached hydrogens (primary N) is 1. The molecule has 0 spiro atoms. The summed E-state index contributed by atoms with van der Waals surface area (Å²) in [5.74, 6) is 0.106. The zero-order chi connectivity index (χ0) is 12.0. The standard InChI is InChI=1S/C13H20N2O/c1-3-15(4-2)13(16)12-8-6-5-7-11(12)9-10-14/h5-8H,3-4,9-10,14H2,1-2H3. The van der Waals surface area contributed by atoms with Gasteiger partial charge in [0, 0.05) is 18.7 Å². The van der Waals surface area contributed by atoms with Crippen LogP contribution in [0.4, 0.5) is 0 Å². The first-order valence-electron chi connectivity index (χ1n) is 5.81. The molecule has 16 heavy (non-hydrogen) atoms. The average Bonchev–Trinajstić information content (AvgIpc) is 2.31. The minimum absolute atomic E-state index is 0.106. The molecule has 0 unspecified atom stereocenters. The van der Waals surface area contributed by atoms with Gasteiger partial charge in [0.25, 0.3) is 5.91 Å². The molecule has 1 aromatic carbocycles. The Balaban J connectivity index is 2.97. The molecule has 2 N–H and O–H groups in total. The molecule has 0 aromatic heterocycles. The van der Waals surface area contributed by atoms with E-state index >= 15 is 0 Å². The van der Waals surface area contributed by atoms with E-state index in [1.54, 1.807) is 0 Å². The zero-order valence-electron chi connectivity index (χ0n) is 10.1. The Morgan fingerprint density at radius 3 is 2.44 bits per heavy atom. The molecule has 3 nitrogen and oxygen atoms in total. The highest BCUT2D eigenvalue weighted by Crippen LogP contribution is 2.12. The normalized spacial score (nSPS) is 10.2. The summed E-state index contributed by atoms with van der Waals surface area (Å²) in [6, 6.07) is 7.70. The quantitative estimate of drug-likeness (QED) is 0.820. The number of carbonyl (C=O) groups excluding carboxylic acids is 1. The molecule has 0 saturated heterocycles. The van der Waals surface area contributed by atoms with Gasteiger partial charge < -0.3 is 10.6 Å². The van der Waals surface area contributed by atoms with E-state index in [0.29, 0.717) is 6.54 Å². The summed E-state index contributed by atoms with van der Waals surface area (Å²) in [7, 11) is 0. The monoisotopic (exact) mass is 220 g/mol. The number of hydrogen-bond acceptors (Lipinski definition) is 2. The number of carbonyl (C=O) groups is 1. The predicted molar refractivity (Wildman–Crippen MR) is 66.5 cm³/mol. The molecule has 0 fully saturated rings. The number of benzene rings is 1. The molecule has 0 aliphatic rings. The molecule has 1 amide bonds. The van der Waals surface area contributed by atoms with Crippen molar-refractivity contribution < 1.29 is 4.79 Å². The molecule has 0 heterocycles. The predicted octanol–water partition coefficient (Wildman–Crippen LogP) is 1.67. The van der Waals surface area contributed by atoms with Crippen molar-refractivity contribution in [3.8, 4) is 0 Å². The third-order valence-corrected chi connectivity index (χ3v) is 2.71. The van der Waals surface area contributed by atoms with Crippen LogP contribution in [0.2, 0.25) is 0 Å². The van der Waals surface area contributed by atoms with Crippen LogP contribution in [-0.2, 0) is 6.42 Å². The smallest absolute Gasteiger partial charge is 0.254 e. The lowest BCUT2D eigenvalue weighted by molar-refractivity contribution is 0.0772. The molecule has 1 aromatic rings. The summed E-state index contributed by atoms with van der Waals surface area (Å²) in [5, 5.41) is 0. The van der Waals surface area contributed by atoms with Gasteiger partial charge in [-0.05, 0) is 38.4 Å². The van der Waals surface area contributed by atoms with Crippen LogP contribution in [0.15, 0.2) is 24.3 Å². The van der Waals surface area contributed by atoms with Crippen molar-refractivity contribution in [3.05, 3.63) is 35.4 Å². The molecular weight excluding hydrogens is 200 g/mol. The Morgan fingerprint density at radius 1 is 1.25 bits per heavy atom. The van der Waals surface area contributed by atoms with Crippen molar-refractivity contribution in [2.45, 2.75) is 20.3 Å². The lowest BCUT2D eigenvalue weighted by atomic mass is 10.0. The van der Waals surface area contributed by atoms with E-state index < -0.39 is 0 Å². The van der Waals surface area contributed by atoms with Crippen molar-refractivity contribution in [2.24, 2.45) is 5.73 Å². The summed E-state index contributed by atoms with van der Waals surface area (Å²) >= 11 is 0. The topological polar surface area (TPSA) is 46.3 Å². The van der Waals surface area contributed by atoms with Gasteiger partial charge in [-0.2, -0.15) is 0 Å². The van der Waals surface area contributed by atoms with Gasteiger partial charge in [0.1, 0.15) is 0 Å². The first-order chi connectivity index (χ1) is 7.74. The minimum Gasteiger partial charge on any atom is -0.339 e. The maximum absolute atomic E-state index is 12.2. The van der Waals surface area contributed by atoms with Crippen molar-refractivity contribution in [1.29, 1.82) is 0 Å². The van der Waals surface area contributed by atoms with Crippen LogP contribution < -0.4 is 5.73 Å². The molecule has 1 rings (SSSR count). The van der Waals surface area contributed by atoms with Gasteiger partial charge >= 0.3 is 0 Å². The van der Waals surface area contributed by atoms with E-state index in [-0.39, 0.29) is 5.91 Å². The first-order valence-corrected chi connectivity index (χ1v) is 5.81. The third kappa shape index (κ3) is 2.83. The number of amides is 1. The van der Waals surface area contributed by atoms with E-state index in [0.717, 1.165) is 30.6 Å². The van der Waals surface area contributed by atoms with Crippen LogP contribution in [0.5, 0.6) is 0 Å². The van der Waals surface area contributed by atoms with E-state index in [9.17, 15) is 4.79 Å². The van der Waals surface area contributed by atoms with Gasteiger partial charge in [0.05, 0.1) is 0 Å². The molecule has 0 aliphatic heterocycles. The first kappa shape index (κ1) is 12.7. The molecule has 0 aliphatic carbocycles. The van der Waals surface area contributed by atoms with Gasteiger partial charge in [-0.3, -0.25) is 4.79 Å². The fourth-order valence-corrected chi connectivity index (χ4v) is 1.78. The maximum Gasteiger partial charge on any atom is 0.254 e. The Labute approximate surface area is 97.2 Å². The fraction of sp³-hybridized carbons (Fsp3) is 0.462. The summed E-state index contributed by atoms with van der Waals surface area (Å²) in [6.45, 7) is 6.04. The maximum atomic E-state index is 12.2. The van der Waals surface area contributed by atoms with Crippen molar-refractivity contribution in [1.82, 2.24) is 4.90 Å². The van der Waals surface area contributed by atoms with E-state index in [4.69, 9.17) is 5.73 Å². The zero-order valence-corrected chi connectivity index (χ0v) is 10.1. The molecule has 0 bridgehead atoms. The molecule has 0 atom stereocenters. The van der Waals surface area contributed by atoms with Gasteiger partial charge in [-0.15, -0.1) is 0 Å². The number of hydrogen-bond donors (Lipinski definition) is 1. The highest BCUT2D eigenvalue weighted by Gasteiger charge is 2.15. The minimum atomic E-state index is 0.106. The molecule has 3 heteroatoms. The van der Waals surface area contributed by atoms with Crippen LogP contribution in [0.1, 0.15) is 29.8 Å². The van der Waals surface area contributed by atoms with Gasteiger partial charge in [0.15, 0.2) is 0 Å².